The van der Waals surface area contributed by atoms with Crippen LogP contribution in [0.4, 0.5) is 5.82 Å². The van der Waals surface area contributed by atoms with E-state index in [1.165, 1.54) is 13.2 Å². The van der Waals surface area contributed by atoms with Gasteiger partial charge in [-0.1, -0.05) is 41.9 Å². The molecule has 180 valence electrons. The van der Waals surface area contributed by atoms with Crippen LogP contribution in [0, 0.1) is 5.92 Å². The molecule has 35 heavy (non-hydrogen) atoms. The first-order chi connectivity index (χ1) is 17.0. The molecule has 4 N–H and O–H groups in total. The van der Waals surface area contributed by atoms with Crippen LogP contribution in [-0.2, 0) is 11.3 Å². The normalized spacial score (nSPS) is 21.8. The minimum Gasteiger partial charge on any atom is -0.390 e. The Labute approximate surface area is 206 Å². The van der Waals surface area contributed by atoms with Gasteiger partial charge in [0.05, 0.1) is 29.4 Å². The second-order valence-corrected chi connectivity index (χ2v) is 8.89. The topological polar surface area (TPSA) is 138 Å². The summed E-state index contributed by atoms with van der Waals surface area (Å²) in [5.74, 6) is -0.190. The number of hydrogen-bond donors (Lipinski definition) is 4. The van der Waals surface area contributed by atoms with Crippen molar-refractivity contribution in [1.82, 2.24) is 29.8 Å². The summed E-state index contributed by atoms with van der Waals surface area (Å²) in [6.07, 6.45) is 2.56. The fraction of sp³-hybridized carbons (Fsp3) is 0.292. The van der Waals surface area contributed by atoms with Crippen molar-refractivity contribution < 1.29 is 15.0 Å². The lowest BCUT2D eigenvalue weighted by Gasteiger charge is -2.18. The molecule has 0 saturated heterocycles. The van der Waals surface area contributed by atoms with E-state index in [0.29, 0.717) is 39.9 Å². The summed E-state index contributed by atoms with van der Waals surface area (Å²) < 4.78 is 1.70. The van der Waals surface area contributed by atoms with Gasteiger partial charge >= 0.3 is 0 Å². The lowest BCUT2D eigenvalue weighted by Crippen LogP contribution is -2.36. The van der Waals surface area contributed by atoms with Gasteiger partial charge < -0.3 is 25.4 Å². The summed E-state index contributed by atoms with van der Waals surface area (Å²) in [6, 6.07) is 11.0. The van der Waals surface area contributed by atoms with Gasteiger partial charge in [-0.2, -0.15) is 0 Å². The Bertz CT molecular complexity index is 1360. The number of carbonyl (C=O) groups excluding carboxylic acids is 1. The van der Waals surface area contributed by atoms with Gasteiger partial charge in [0, 0.05) is 31.5 Å². The van der Waals surface area contributed by atoms with E-state index >= 15 is 0 Å². The molecule has 5 rings (SSSR count). The molecule has 1 saturated carbocycles. The summed E-state index contributed by atoms with van der Waals surface area (Å²) in [4.78, 5) is 30.3. The molecular weight excluding hydrogens is 470 g/mol. The summed E-state index contributed by atoms with van der Waals surface area (Å²) in [6.45, 7) is 0.510. The SMILES string of the molecule is CNC(=O)[C@H]1C[C@@H](n2cnc3c(NCc4ccccc4)nc(-c4cncc(Cl)c4)nc32)[C@H](O)[C@@H]1O. The number of rotatable bonds is 6. The molecule has 1 aromatic carbocycles. The Morgan fingerprint density at radius 2 is 1.97 bits per heavy atom. The first-order valence-electron chi connectivity index (χ1n) is 11.2. The molecule has 3 heterocycles. The zero-order chi connectivity index (χ0) is 24.5. The molecule has 3 aromatic heterocycles. The highest BCUT2D eigenvalue weighted by Crippen LogP contribution is 2.38. The number of fused-ring (bicyclic) bond motifs is 1. The average Bonchev–Trinajstić information content (AvgIpc) is 3.43. The Morgan fingerprint density at radius 3 is 2.71 bits per heavy atom. The number of carbonyl (C=O) groups is 1. The number of halogens is 1. The van der Waals surface area contributed by atoms with Crippen molar-refractivity contribution in [3.8, 4) is 11.4 Å². The summed E-state index contributed by atoms with van der Waals surface area (Å²) in [7, 11) is 1.50. The molecule has 10 nitrogen and oxygen atoms in total. The fourth-order valence-electron chi connectivity index (χ4n) is 4.46. The van der Waals surface area contributed by atoms with Gasteiger partial charge in [0.1, 0.15) is 11.6 Å². The Balaban J connectivity index is 1.58. The zero-order valence-electron chi connectivity index (χ0n) is 18.8. The number of nitrogens with zero attached hydrogens (tertiary/aromatic N) is 5. The molecule has 4 aromatic rings. The van der Waals surface area contributed by atoms with Crippen molar-refractivity contribution in [3.63, 3.8) is 0 Å². The molecule has 0 spiro atoms. The number of pyridine rings is 1. The fourth-order valence-corrected chi connectivity index (χ4v) is 4.63. The predicted octanol–water partition coefficient (Wildman–Crippen LogP) is 2.18. The van der Waals surface area contributed by atoms with Crippen molar-refractivity contribution in [2.45, 2.75) is 31.2 Å². The summed E-state index contributed by atoms with van der Waals surface area (Å²) in [5, 5.41) is 27.6. The molecule has 0 aliphatic heterocycles. The summed E-state index contributed by atoms with van der Waals surface area (Å²) >= 11 is 6.15. The number of aliphatic hydroxyl groups is 2. The Kier molecular flexibility index (Phi) is 6.33. The van der Waals surface area contributed by atoms with Gasteiger partial charge in [0.2, 0.25) is 5.91 Å². The number of aliphatic hydroxyl groups excluding tert-OH is 2. The quantitative estimate of drug-likeness (QED) is 0.320. The largest absolute Gasteiger partial charge is 0.390 e. The van der Waals surface area contributed by atoms with E-state index < -0.39 is 24.2 Å². The average molecular weight is 494 g/mol. The first kappa shape index (κ1) is 23.2. The number of aromatic nitrogens is 5. The van der Waals surface area contributed by atoms with Crippen molar-refractivity contribution in [3.05, 3.63) is 65.7 Å². The van der Waals surface area contributed by atoms with Crippen molar-refractivity contribution in [2.75, 3.05) is 12.4 Å². The molecule has 0 radical (unpaired) electrons. The molecular formula is C24H24ClN7O3. The minimum absolute atomic E-state index is 0.234. The van der Waals surface area contributed by atoms with E-state index in [1.807, 2.05) is 30.3 Å². The lowest BCUT2D eigenvalue weighted by molar-refractivity contribution is -0.128. The van der Waals surface area contributed by atoms with Crippen molar-refractivity contribution >= 4 is 34.5 Å². The molecule has 1 aliphatic carbocycles. The second-order valence-electron chi connectivity index (χ2n) is 8.46. The monoisotopic (exact) mass is 493 g/mol. The molecule has 1 aliphatic rings. The molecule has 1 fully saturated rings. The van der Waals surface area contributed by atoms with Crippen LogP contribution in [0.15, 0.2) is 55.1 Å². The number of anilines is 1. The molecule has 11 heteroatoms. The second kappa shape index (κ2) is 9.57. The van der Waals surface area contributed by atoms with Gasteiger partial charge in [-0.25, -0.2) is 15.0 Å². The highest BCUT2D eigenvalue weighted by Gasteiger charge is 2.46. The third-order valence-electron chi connectivity index (χ3n) is 6.28. The number of amides is 1. The van der Waals surface area contributed by atoms with Crippen LogP contribution in [-0.4, -0.2) is 59.9 Å². The minimum atomic E-state index is -1.20. The maximum Gasteiger partial charge on any atom is 0.225 e. The van der Waals surface area contributed by atoms with E-state index in [-0.39, 0.29) is 12.3 Å². The van der Waals surface area contributed by atoms with Crippen LogP contribution >= 0.6 is 11.6 Å². The highest BCUT2D eigenvalue weighted by atomic mass is 35.5. The van der Waals surface area contributed by atoms with E-state index in [1.54, 1.807) is 23.2 Å². The van der Waals surface area contributed by atoms with Gasteiger partial charge in [0.25, 0.3) is 0 Å². The Morgan fingerprint density at radius 1 is 1.17 bits per heavy atom. The number of imidazole rings is 1. The smallest absolute Gasteiger partial charge is 0.225 e. The number of hydrogen-bond acceptors (Lipinski definition) is 8. The lowest BCUT2D eigenvalue weighted by atomic mass is 10.1. The van der Waals surface area contributed by atoms with E-state index in [0.717, 1.165) is 5.56 Å². The van der Waals surface area contributed by atoms with Gasteiger partial charge in [-0.3, -0.25) is 9.78 Å². The summed E-state index contributed by atoms with van der Waals surface area (Å²) in [5.41, 5.74) is 2.64. The van der Waals surface area contributed by atoms with E-state index in [9.17, 15) is 15.0 Å². The molecule has 1 amide bonds. The third kappa shape index (κ3) is 4.43. The molecule has 4 atom stereocenters. The van der Waals surface area contributed by atoms with Crippen LogP contribution < -0.4 is 10.6 Å². The van der Waals surface area contributed by atoms with Gasteiger partial charge in [-0.05, 0) is 18.1 Å². The van der Waals surface area contributed by atoms with E-state index in [2.05, 4.69) is 25.6 Å². The third-order valence-corrected chi connectivity index (χ3v) is 6.49. The number of benzene rings is 1. The van der Waals surface area contributed by atoms with Gasteiger partial charge in [-0.15, -0.1) is 0 Å². The molecule has 0 unspecified atom stereocenters. The van der Waals surface area contributed by atoms with Crippen LogP contribution in [0.3, 0.4) is 0 Å². The first-order valence-corrected chi connectivity index (χ1v) is 11.5. The van der Waals surface area contributed by atoms with Crippen LogP contribution in [0.25, 0.3) is 22.6 Å². The van der Waals surface area contributed by atoms with Crippen molar-refractivity contribution in [1.29, 1.82) is 0 Å². The van der Waals surface area contributed by atoms with E-state index in [4.69, 9.17) is 16.6 Å². The maximum atomic E-state index is 12.2. The maximum absolute atomic E-state index is 12.2. The number of nitrogens with one attached hydrogen (secondary N) is 2. The van der Waals surface area contributed by atoms with Gasteiger partial charge in [0.15, 0.2) is 17.3 Å². The van der Waals surface area contributed by atoms with Crippen molar-refractivity contribution in [2.24, 2.45) is 5.92 Å². The van der Waals surface area contributed by atoms with Crippen LogP contribution in [0.2, 0.25) is 5.02 Å². The van der Waals surface area contributed by atoms with Crippen LogP contribution in [0.5, 0.6) is 0 Å². The van der Waals surface area contributed by atoms with Crippen LogP contribution in [0.1, 0.15) is 18.0 Å². The standard InChI is InChI=1S/C24H24ClN7O3/c1-26-24(35)16-8-17(20(34)19(16)33)32-12-29-18-22(28-9-13-5-3-2-4-6-13)30-21(31-23(18)32)14-7-15(25)11-27-10-14/h2-7,10-12,16-17,19-20,33-34H,8-9H2,1H3,(H,26,35)(H,28,30,31)/t16-,17+,19+,20-/m0/s1. The predicted molar refractivity (Wildman–Crippen MR) is 131 cm³/mol. The highest BCUT2D eigenvalue weighted by molar-refractivity contribution is 6.30. The molecule has 0 bridgehead atoms. The Hall–Kier alpha value is -3.60. The zero-order valence-corrected chi connectivity index (χ0v) is 19.6.